The molecule has 0 aliphatic heterocycles. The van der Waals surface area contributed by atoms with Gasteiger partial charge in [0.2, 0.25) is 11.6 Å². The molecule has 0 unspecified atom stereocenters. The van der Waals surface area contributed by atoms with Crippen molar-refractivity contribution in [2.24, 2.45) is 7.05 Å². The normalized spacial score (nSPS) is 14.1. The van der Waals surface area contributed by atoms with Gasteiger partial charge in [-0.15, -0.1) is 0 Å². The van der Waals surface area contributed by atoms with Crippen LogP contribution in [0.3, 0.4) is 0 Å². The van der Waals surface area contributed by atoms with E-state index in [1.807, 2.05) is 24.3 Å². The van der Waals surface area contributed by atoms with E-state index in [4.69, 9.17) is 14.1 Å². The second-order valence-electron chi connectivity index (χ2n) is 8.23. The molecule has 0 atom stereocenters. The quantitative estimate of drug-likeness (QED) is 0.446. The van der Waals surface area contributed by atoms with E-state index >= 15 is 0 Å². The van der Waals surface area contributed by atoms with E-state index in [2.05, 4.69) is 14.5 Å². The van der Waals surface area contributed by atoms with Crippen molar-refractivity contribution in [2.45, 2.75) is 25.3 Å². The summed E-state index contributed by atoms with van der Waals surface area (Å²) in [6.07, 6.45) is 3.23. The van der Waals surface area contributed by atoms with Gasteiger partial charge >= 0.3 is 0 Å². The number of methoxy groups -OCH3 is 1. The summed E-state index contributed by atoms with van der Waals surface area (Å²) in [5.74, 6) is 1.08. The van der Waals surface area contributed by atoms with Crippen LogP contribution in [0.25, 0.3) is 45.4 Å². The van der Waals surface area contributed by atoms with Crippen molar-refractivity contribution in [1.29, 1.82) is 0 Å². The van der Waals surface area contributed by atoms with E-state index in [0.717, 1.165) is 30.3 Å². The van der Waals surface area contributed by atoms with Gasteiger partial charge in [-0.05, 0) is 43.5 Å². The number of imidazole rings is 1. The van der Waals surface area contributed by atoms with Gasteiger partial charge in [-0.25, -0.2) is 15.0 Å². The summed E-state index contributed by atoms with van der Waals surface area (Å²) in [7, 11) is 3.15. The number of ether oxygens (including phenoxy) is 1. The van der Waals surface area contributed by atoms with Crippen molar-refractivity contribution in [3.63, 3.8) is 0 Å². The molecule has 0 radical (unpaired) electrons. The lowest BCUT2D eigenvalue weighted by Gasteiger charge is -2.29. The van der Waals surface area contributed by atoms with Gasteiger partial charge in [-0.1, -0.05) is 12.1 Å². The van der Waals surface area contributed by atoms with Gasteiger partial charge in [0.1, 0.15) is 11.3 Å². The molecule has 5 aromatic rings. The average Bonchev–Trinajstić information content (AvgIpc) is 3.38. The summed E-state index contributed by atoms with van der Waals surface area (Å²) >= 11 is 0. The Bertz CT molecular complexity index is 1590. The molecule has 0 amide bonds. The maximum atomic E-state index is 13.0. The first-order chi connectivity index (χ1) is 16.0. The summed E-state index contributed by atoms with van der Waals surface area (Å²) in [6.45, 7) is 0. The van der Waals surface area contributed by atoms with E-state index in [-0.39, 0.29) is 11.6 Å². The van der Waals surface area contributed by atoms with E-state index in [0.29, 0.717) is 34.5 Å². The molecule has 3 aromatic heterocycles. The van der Waals surface area contributed by atoms with Crippen molar-refractivity contribution < 1.29 is 14.3 Å². The summed E-state index contributed by atoms with van der Waals surface area (Å²) in [5.41, 5.74) is 2.25. The highest BCUT2D eigenvalue weighted by Gasteiger charge is 2.29. The molecule has 33 heavy (non-hydrogen) atoms. The summed E-state index contributed by atoms with van der Waals surface area (Å²) in [4.78, 5) is 26.9. The van der Waals surface area contributed by atoms with Gasteiger partial charge in [-0.3, -0.25) is 9.36 Å². The predicted octanol–water partition coefficient (Wildman–Crippen LogP) is 4.04. The summed E-state index contributed by atoms with van der Waals surface area (Å²) in [6, 6.07) is 13.4. The van der Waals surface area contributed by atoms with Gasteiger partial charge < -0.3 is 18.8 Å². The monoisotopic (exact) mass is 443 g/mol. The Morgan fingerprint density at radius 3 is 2.64 bits per heavy atom. The summed E-state index contributed by atoms with van der Waals surface area (Å²) in [5, 5.41) is 10.7. The highest BCUT2D eigenvalue weighted by atomic mass is 16.5. The molecule has 1 N–H and O–H groups in total. The highest BCUT2D eigenvalue weighted by Crippen LogP contribution is 2.38. The lowest BCUT2D eigenvalue weighted by atomic mass is 9.92. The number of rotatable bonds is 4. The van der Waals surface area contributed by atoms with Crippen LogP contribution in [0, 0.1) is 0 Å². The molecule has 0 bridgehead atoms. The maximum Gasteiger partial charge on any atom is 0.296 e. The molecule has 9 nitrogen and oxygen atoms in total. The lowest BCUT2D eigenvalue weighted by Crippen LogP contribution is -2.24. The molecule has 3 heterocycles. The Kier molecular flexibility index (Phi) is 4.26. The van der Waals surface area contributed by atoms with Crippen molar-refractivity contribution in [2.75, 3.05) is 7.11 Å². The third kappa shape index (κ3) is 2.92. The zero-order valence-corrected chi connectivity index (χ0v) is 18.1. The molecule has 0 spiro atoms. The average molecular weight is 443 g/mol. The number of nitrogens with zero attached hydrogens (tertiary/aromatic N) is 5. The molecule has 1 aliphatic carbocycles. The molecular formula is C24H21N5O4. The van der Waals surface area contributed by atoms with Crippen LogP contribution in [0.5, 0.6) is 11.5 Å². The standard InChI is InChI=1S/C24H21N5O4/c1-28-21(22-25-15-8-3-4-9-17(15)29(22)13-6-5-7-13)27-19(20(30)24(28)31)23-26-16-12-14(32-2)10-11-18(16)33-23/h3-4,8-13,30H,5-7H2,1-2H3. The Morgan fingerprint density at radius 1 is 1.06 bits per heavy atom. The van der Waals surface area contributed by atoms with Crippen LogP contribution < -0.4 is 10.3 Å². The van der Waals surface area contributed by atoms with E-state index < -0.39 is 11.3 Å². The number of hydrogen-bond donors (Lipinski definition) is 1. The molecule has 0 saturated heterocycles. The zero-order valence-electron chi connectivity index (χ0n) is 18.1. The number of hydrogen-bond acceptors (Lipinski definition) is 7. The first-order valence-corrected chi connectivity index (χ1v) is 10.8. The van der Waals surface area contributed by atoms with Gasteiger partial charge in [0.05, 0.1) is 18.1 Å². The first-order valence-electron chi connectivity index (χ1n) is 10.8. The molecular weight excluding hydrogens is 422 g/mol. The first kappa shape index (κ1) is 19.5. The Balaban J connectivity index is 1.59. The smallest absolute Gasteiger partial charge is 0.296 e. The predicted molar refractivity (Wildman–Crippen MR) is 122 cm³/mol. The molecule has 9 heteroatoms. The molecule has 166 valence electrons. The van der Waals surface area contributed by atoms with E-state index in [9.17, 15) is 9.90 Å². The van der Waals surface area contributed by atoms with Crippen molar-refractivity contribution >= 4 is 22.1 Å². The van der Waals surface area contributed by atoms with Gasteiger partial charge in [-0.2, -0.15) is 0 Å². The van der Waals surface area contributed by atoms with Crippen LogP contribution in [0.4, 0.5) is 0 Å². The summed E-state index contributed by atoms with van der Waals surface area (Å²) < 4.78 is 14.5. The highest BCUT2D eigenvalue weighted by molar-refractivity contribution is 5.81. The van der Waals surface area contributed by atoms with Crippen LogP contribution in [-0.2, 0) is 7.05 Å². The second-order valence-corrected chi connectivity index (χ2v) is 8.23. The van der Waals surface area contributed by atoms with Crippen LogP contribution >= 0.6 is 0 Å². The molecule has 1 saturated carbocycles. The maximum absolute atomic E-state index is 13.0. The van der Waals surface area contributed by atoms with Crippen molar-refractivity contribution in [3.05, 3.63) is 52.8 Å². The zero-order chi connectivity index (χ0) is 22.7. The number of aromatic nitrogens is 5. The fourth-order valence-corrected chi connectivity index (χ4v) is 4.29. The lowest BCUT2D eigenvalue weighted by molar-refractivity contribution is 0.322. The van der Waals surface area contributed by atoms with Gasteiger partial charge in [0, 0.05) is 19.2 Å². The second kappa shape index (κ2) is 7.19. The molecule has 1 fully saturated rings. The minimum atomic E-state index is -0.595. The third-order valence-electron chi connectivity index (χ3n) is 6.30. The van der Waals surface area contributed by atoms with Gasteiger partial charge in [0.25, 0.3) is 5.56 Å². The number of aromatic hydroxyl groups is 1. The fraction of sp³-hybridized carbons (Fsp3) is 0.250. The number of oxazole rings is 1. The topological polar surface area (TPSA) is 108 Å². The number of benzene rings is 2. The van der Waals surface area contributed by atoms with Crippen LogP contribution in [0.1, 0.15) is 25.3 Å². The Labute approximate surface area is 187 Å². The molecule has 6 rings (SSSR count). The minimum absolute atomic E-state index is 0.0181. The number of para-hydroxylation sites is 2. The van der Waals surface area contributed by atoms with E-state index in [1.54, 1.807) is 32.4 Å². The molecule has 2 aromatic carbocycles. The largest absolute Gasteiger partial charge is 0.501 e. The van der Waals surface area contributed by atoms with Crippen LogP contribution in [0.15, 0.2) is 51.7 Å². The van der Waals surface area contributed by atoms with Crippen molar-refractivity contribution in [1.82, 2.24) is 24.1 Å². The third-order valence-corrected chi connectivity index (χ3v) is 6.30. The van der Waals surface area contributed by atoms with Crippen LogP contribution in [-0.4, -0.2) is 36.3 Å². The minimum Gasteiger partial charge on any atom is -0.501 e. The Morgan fingerprint density at radius 2 is 1.88 bits per heavy atom. The van der Waals surface area contributed by atoms with Crippen LogP contribution in [0.2, 0.25) is 0 Å². The van der Waals surface area contributed by atoms with E-state index in [1.165, 1.54) is 4.57 Å². The fourth-order valence-electron chi connectivity index (χ4n) is 4.29. The molecule has 1 aliphatic rings. The number of fused-ring (bicyclic) bond motifs is 2. The van der Waals surface area contributed by atoms with Gasteiger partial charge in [0.15, 0.2) is 22.9 Å². The van der Waals surface area contributed by atoms with Crippen molar-refractivity contribution in [3.8, 4) is 34.7 Å². The SMILES string of the molecule is COc1ccc2oc(-c3nc(-c4nc5ccccc5n4C4CCC4)n(C)c(=O)c3O)nc2c1. The Hall–Kier alpha value is -4.14.